The SMILES string of the molecule is CNC(=O)C1=C2SCC(=N)N2C(N)=C(C#N)C1c1ccccc1. The lowest BCUT2D eigenvalue weighted by Gasteiger charge is -2.32. The number of amidine groups is 1. The molecule has 0 aliphatic carbocycles. The van der Waals surface area contributed by atoms with Gasteiger partial charge in [0.15, 0.2) is 0 Å². The molecule has 0 saturated carbocycles. The van der Waals surface area contributed by atoms with Gasteiger partial charge in [-0.15, -0.1) is 0 Å². The summed E-state index contributed by atoms with van der Waals surface area (Å²) in [5.41, 5.74) is 7.76. The topological polar surface area (TPSA) is 106 Å². The Morgan fingerprint density at radius 1 is 1.48 bits per heavy atom. The maximum absolute atomic E-state index is 12.5. The number of hydrogen-bond acceptors (Lipinski definition) is 5. The van der Waals surface area contributed by atoms with Gasteiger partial charge in [0.05, 0.1) is 33.9 Å². The molecule has 116 valence electrons. The van der Waals surface area contributed by atoms with Crippen LogP contribution in [0, 0.1) is 16.7 Å². The van der Waals surface area contributed by atoms with E-state index in [0.717, 1.165) is 5.56 Å². The number of nitrogens with one attached hydrogen (secondary N) is 2. The van der Waals surface area contributed by atoms with Crippen LogP contribution in [0.3, 0.4) is 0 Å². The third kappa shape index (κ3) is 2.28. The first kappa shape index (κ1) is 15.2. The van der Waals surface area contributed by atoms with E-state index in [1.807, 2.05) is 30.3 Å². The first-order valence-electron chi connectivity index (χ1n) is 7.01. The second-order valence-corrected chi connectivity index (χ2v) is 6.09. The van der Waals surface area contributed by atoms with Gasteiger partial charge in [-0.25, -0.2) is 0 Å². The van der Waals surface area contributed by atoms with E-state index in [2.05, 4.69) is 11.4 Å². The van der Waals surface area contributed by atoms with Crippen LogP contribution in [-0.2, 0) is 4.79 Å². The van der Waals surface area contributed by atoms with Crippen molar-refractivity contribution >= 4 is 23.5 Å². The number of thioether (sulfide) groups is 1. The number of hydrogen-bond donors (Lipinski definition) is 3. The molecule has 1 fully saturated rings. The first-order valence-corrected chi connectivity index (χ1v) is 8.00. The molecule has 1 unspecified atom stereocenters. The van der Waals surface area contributed by atoms with Crippen LogP contribution in [0.25, 0.3) is 0 Å². The van der Waals surface area contributed by atoms with Gasteiger partial charge in [-0.2, -0.15) is 5.26 Å². The average molecular weight is 325 g/mol. The molecular weight excluding hydrogens is 310 g/mol. The highest BCUT2D eigenvalue weighted by atomic mass is 32.2. The van der Waals surface area contributed by atoms with Gasteiger partial charge in [0.25, 0.3) is 5.91 Å². The normalized spacial score (nSPS) is 20.4. The number of nitrogens with two attached hydrogens (primary N) is 1. The molecule has 0 spiro atoms. The second-order valence-electron chi connectivity index (χ2n) is 5.12. The summed E-state index contributed by atoms with van der Waals surface area (Å²) in [6, 6.07) is 11.5. The van der Waals surface area contributed by atoms with Crippen molar-refractivity contribution in [3.05, 3.63) is 57.9 Å². The summed E-state index contributed by atoms with van der Waals surface area (Å²) in [4.78, 5) is 14.0. The Bertz CT molecular complexity index is 790. The van der Waals surface area contributed by atoms with Crippen molar-refractivity contribution in [1.29, 1.82) is 10.7 Å². The van der Waals surface area contributed by atoms with Crippen molar-refractivity contribution < 1.29 is 4.79 Å². The summed E-state index contributed by atoms with van der Waals surface area (Å²) in [6.07, 6.45) is 0. The second kappa shape index (κ2) is 5.82. The van der Waals surface area contributed by atoms with Crippen molar-refractivity contribution in [2.75, 3.05) is 12.8 Å². The zero-order valence-electron chi connectivity index (χ0n) is 12.5. The molecule has 0 radical (unpaired) electrons. The minimum absolute atomic E-state index is 0.235. The molecule has 0 bridgehead atoms. The first-order chi connectivity index (χ1) is 11.1. The van der Waals surface area contributed by atoms with Crippen LogP contribution < -0.4 is 11.1 Å². The maximum atomic E-state index is 12.5. The fraction of sp³-hybridized carbons (Fsp3) is 0.188. The molecule has 2 aliphatic heterocycles. The Morgan fingerprint density at radius 3 is 2.78 bits per heavy atom. The Balaban J connectivity index is 2.28. The fourth-order valence-corrected chi connectivity index (χ4v) is 3.95. The lowest BCUT2D eigenvalue weighted by atomic mass is 9.82. The molecule has 23 heavy (non-hydrogen) atoms. The standard InChI is InChI=1S/C16H15N5OS/c1-20-15(22)13-12(9-5-3-2-4-6-9)10(7-17)14(19)21-11(18)8-23-16(13)21/h2-6,12,18H,8,19H2,1H3,(H,20,22). The molecule has 1 aromatic carbocycles. The summed E-state index contributed by atoms with van der Waals surface area (Å²) in [5.74, 6) is 0.158. The number of amides is 1. The fourth-order valence-electron chi connectivity index (χ4n) is 2.84. The molecule has 2 heterocycles. The highest BCUT2D eigenvalue weighted by molar-refractivity contribution is 8.04. The minimum Gasteiger partial charge on any atom is -0.384 e. The third-order valence-corrected chi connectivity index (χ3v) is 4.96. The number of likely N-dealkylation sites (N-methyl/N-ethyl adjacent to an activating group) is 1. The van der Waals surface area contributed by atoms with Crippen molar-refractivity contribution in [2.24, 2.45) is 5.73 Å². The number of rotatable bonds is 2. The summed E-state index contributed by atoms with van der Waals surface area (Å²) >= 11 is 1.40. The number of fused-ring (bicyclic) bond motifs is 1. The Hall–Kier alpha value is -2.72. The van der Waals surface area contributed by atoms with E-state index in [-0.39, 0.29) is 17.6 Å². The average Bonchev–Trinajstić information content (AvgIpc) is 2.96. The smallest absolute Gasteiger partial charge is 0.250 e. The van der Waals surface area contributed by atoms with Crippen LogP contribution in [0.1, 0.15) is 11.5 Å². The van der Waals surface area contributed by atoms with Gasteiger partial charge < -0.3 is 11.1 Å². The number of nitriles is 1. The van der Waals surface area contributed by atoms with Crippen molar-refractivity contribution in [2.45, 2.75) is 5.92 Å². The van der Waals surface area contributed by atoms with Crippen LogP contribution in [0.4, 0.5) is 0 Å². The number of nitrogens with zero attached hydrogens (tertiary/aromatic N) is 2. The van der Waals surface area contributed by atoms with Crippen LogP contribution in [0.15, 0.2) is 52.3 Å². The molecule has 3 rings (SSSR count). The predicted molar refractivity (Wildman–Crippen MR) is 89.1 cm³/mol. The van der Waals surface area contributed by atoms with Crippen molar-refractivity contribution in [1.82, 2.24) is 10.2 Å². The predicted octanol–water partition coefficient (Wildman–Crippen LogP) is 1.46. The van der Waals surface area contributed by atoms with Gasteiger partial charge in [-0.05, 0) is 5.56 Å². The van der Waals surface area contributed by atoms with Crippen LogP contribution in [-0.4, -0.2) is 29.4 Å². The van der Waals surface area contributed by atoms with Crippen LogP contribution in [0.5, 0.6) is 0 Å². The summed E-state index contributed by atoms with van der Waals surface area (Å²) in [5, 5.41) is 20.9. The van der Waals surface area contributed by atoms with Crippen LogP contribution in [0.2, 0.25) is 0 Å². The van der Waals surface area contributed by atoms with Crippen molar-refractivity contribution in [3.63, 3.8) is 0 Å². The zero-order chi connectivity index (χ0) is 16.6. The van der Waals surface area contributed by atoms with Gasteiger partial charge in [-0.3, -0.25) is 15.1 Å². The molecular formula is C16H15N5OS. The Morgan fingerprint density at radius 2 is 2.17 bits per heavy atom. The molecule has 6 nitrogen and oxygen atoms in total. The summed E-state index contributed by atoms with van der Waals surface area (Å²) in [7, 11) is 1.56. The van der Waals surface area contributed by atoms with Gasteiger partial charge in [0.1, 0.15) is 11.7 Å². The van der Waals surface area contributed by atoms with E-state index in [0.29, 0.717) is 21.9 Å². The number of carbonyl (C=O) groups is 1. The van der Waals surface area contributed by atoms with E-state index < -0.39 is 5.92 Å². The number of carbonyl (C=O) groups excluding carboxylic acids is 1. The molecule has 1 atom stereocenters. The van der Waals surface area contributed by atoms with Crippen LogP contribution >= 0.6 is 11.8 Å². The highest BCUT2D eigenvalue weighted by Crippen LogP contribution is 2.46. The molecule has 4 N–H and O–H groups in total. The summed E-state index contributed by atoms with van der Waals surface area (Å²) < 4.78 is 0. The zero-order valence-corrected chi connectivity index (χ0v) is 13.3. The van der Waals surface area contributed by atoms with E-state index in [4.69, 9.17) is 11.1 Å². The maximum Gasteiger partial charge on any atom is 0.250 e. The summed E-state index contributed by atoms with van der Waals surface area (Å²) in [6.45, 7) is 0. The lowest BCUT2D eigenvalue weighted by molar-refractivity contribution is -0.117. The molecule has 0 aromatic heterocycles. The Kier molecular flexibility index (Phi) is 3.84. The van der Waals surface area contributed by atoms with Gasteiger partial charge in [-0.1, -0.05) is 42.1 Å². The van der Waals surface area contributed by atoms with Crippen molar-refractivity contribution in [3.8, 4) is 6.07 Å². The van der Waals surface area contributed by atoms with Gasteiger partial charge >= 0.3 is 0 Å². The van der Waals surface area contributed by atoms with Gasteiger partial charge in [0, 0.05) is 7.05 Å². The molecule has 1 aromatic rings. The van der Waals surface area contributed by atoms with E-state index in [9.17, 15) is 10.1 Å². The number of allylic oxidation sites excluding steroid dienone is 1. The Labute approximate surface area is 138 Å². The molecule has 7 heteroatoms. The number of benzene rings is 1. The third-order valence-electron chi connectivity index (χ3n) is 3.87. The quantitative estimate of drug-likeness (QED) is 0.763. The molecule has 1 saturated heterocycles. The largest absolute Gasteiger partial charge is 0.384 e. The van der Waals surface area contributed by atoms with E-state index >= 15 is 0 Å². The van der Waals surface area contributed by atoms with Gasteiger partial charge in [0.2, 0.25) is 0 Å². The highest BCUT2D eigenvalue weighted by Gasteiger charge is 2.42. The monoisotopic (exact) mass is 325 g/mol. The molecule has 2 aliphatic rings. The van der Waals surface area contributed by atoms with E-state index in [1.54, 1.807) is 7.05 Å². The van der Waals surface area contributed by atoms with E-state index in [1.165, 1.54) is 16.7 Å². The molecule has 1 amide bonds. The lowest BCUT2D eigenvalue weighted by Crippen LogP contribution is -2.38. The minimum atomic E-state index is -0.522.